The minimum absolute atomic E-state index is 0.0122. The van der Waals surface area contributed by atoms with Crippen LogP contribution in [0.15, 0.2) is 60.9 Å². The van der Waals surface area contributed by atoms with Crippen molar-refractivity contribution >= 4 is 16.9 Å². The highest BCUT2D eigenvalue weighted by atomic mass is 19.1. The summed E-state index contributed by atoms with van der Waals surface area (Å²) in [5, 5.41) is 11.2. The number of nitrogens with zero attached hydrogens (tertiary/aromatic N) is 2. The number of pyridine rings is 1. The first-order valence-electron chi connectivity index (χ1n) is 9.80. The van der Waals surface area contributed by atoms with E-state index in [1.54, 1.807) is 55.2 Å². The second kappa shape index (κ2) is 8.47. The molecule has 0 atom stereocenters. The lowest BCUT2D eigenvalue weighted by molar-refractivity contribution is 0.0525. The Bertz CT molecular complexity index is 1250. The molecule has 0 aliphatic rings. The van der Waals surface area contributed by atoms with E-state index >= 15 is 0 Å². The van der Waals surface area contributed by atoms with Crippen LogP contribution in [-0.2, 0) is 18.4 Å². The summed E-state index contributed by atoms with van der Waals surface area (Å²) in [6, 6.07) is 13.0. The smallest absolute Gasteiger partial charge is 0.340 e. The van der Waals surface area contributed by atoms with Gasteiger partial charge in [0, 0.05) is 41.5 Å². The predicted molar refractivity (Wildman–Crippen MR) is 115 cm³/mol. The number of hydrogen-bond acceptors (Lipinski definition) is 5. The van der Waals surface area contributed by atoms with Crippen molar-refractivity contribution in [3.05, 3.63) is 78.0 Å². The van der Waals surface area contributed by atoms with Crippen LogP contribution in [0.25, 0.3) is 22.0 Å². The molecule has 4 rings (SSSR count). The van der Waals surface area contributed by atoms with Crippen LogP contribution in [0.4, 0.5) is 4.39 Å². The van der Waals surface area contributed by atoms with Crippen LogP contribution in [0.3, 0.4) is 0 Å². The maximum Gasteiger partial charge on any atom is 0.340 e. The van der Waals surface area contributed by atoms with Gasteiger partial charge in [-0.3, -0.25) is 4.98 Å². The lowest BCUT2D eigenvalue weighted by atomic mass is 10.0. The largest absolute Gasteiger partial charge is 0.507 e. The normalized spacial score (nSPS) is 10.9. The fourth-order valence-electron chi connectivity index (χ4n) is 3.58. The lowest BCUT2D eigenvalue weighted by Crippen LogP contribution is -2.11. The van der Waals surface area contributed by atoms with E-state index in [9.17, 15) is 14.3 Å². The molecule has 0 unspecified atom stereocenters. The van der Waals surface area contributed by atoms with E-state index in [2.05, 4.69) is 4.98 Å². The van der Waals surface area contributed by atoms with Crippen LogP contribution in [0, 0.1) is 5.82 Å². The van der Waals surface area contributed by atoms with Gasteiger partial charge in [-0.15, -0.1) is 0 Å². The minimum atomic E-state index is -0.534. The van der Waals surface area contributed by atoms with Crippen LogP contribution >= 0.6 is 0 Å². The summed E-state index contributed by atoms with van der Waals surface area (Å²) in [5.41, 5.74) is 2.82. The zero-order chi connectivity index (χ0) is 22.0. The number of hydrogen-bond donors (Lipinski definition) is 1. The van der Waals surface area contributed by atoms with Crippen molar-refractivity contribution in [2.45, 2.75) is 13.5 Å². The van der Waals surface area contributed by atoms with Crippen LogP contribution in [0.1, 0.15) is 23.0 Å². The van der Waals surface area contributed by atoms with Gasteiger partial charge in [0.2, 0.25) is 0 Å². The first-order chi connectivity index (χ1) is 15.0. The zero-order valence-electron chi connectivity index (χ0n) is 17.1. The second-order valence-corrected chi connectivity index (χ2v) is 6.95. The molecule has 0 bridgehead atoms. The van der Waals surface area contributed by atoms with Crippen molar-refractivity contribution < 1.29 is 23.8 Å². The maximum absolute atomic E-state index is 14.0. The Balaban J connectivity index is 1.85. The summed E-state index contributed by atoms with van der Waals surface area (Å²) < 4.78 is 26.7. The number of ether oxygens (including phenoxy) is 2. The van der Waals surface area contributed by atoms with Gasteiger partial charge in [-0.2, -0.15) is 0 Å². The number of esters is 1. The van der Waals surface area contributed by atoms with Gasteiger partial charge in [-0.1, -0.05) is 18.2 Å². The quantitative estimate of drug-likeness (QED) is 0.452. The zero-order valence-corrected chi connectivity index (χ0v) is 17.1. The molecule has 2 heterocycles. The van der Waals surface area contributed by atoms with Gasteiger partial charge >= 0.3 is 5.97 Å². The maximum atomic E-state index is 14.0. The Morgan fingerprint density at radius 3 is 2.71 bits per heavy atom. The predicted octanol–water partition coefficient (Wildman–Crippen LogP) is 4.84. The van der Waals surface area contributed by atoms with Crippen LogP contribution < -0.4 is 4.74 Å². The molecule has 0 spiro atoms. The molecule has 2 aromatic carbocycles. The van der Waals surface area contributed by atoms with Gasteiger partial charge in [-0.05, 0) is 37.3 Å². The summed E-state index contributed by atoms with van der Waals surface area (Å²) >= 11 is 0. The topological polar surface area (TPSA) is 73.6 Å². The SMILES string of the molecule is CCOC(=O)c1c(COc2ccccc2F)n(C)c2cc(-c3cccnc3)c(O)cc12. The molecule has 2 aromatic heterocycles. The molecule has 6 nitrogen and oxygen atoms in total. The van der Waals surface area contributed by atoms with Gasteiger partial charge in [0.25, 0.3) is 0 Å². The summed E-state index contributed by atoms with van der Waals surface area (Å²) in [7, 11) is 1.79. The number of fused-ring (bicyclic) bond motifs is 1. The molecule has 4 aromatic rings. The standard InChI is InChI=1S/C24H21FN2O4/c1-3-30-24(29)23-17-12-21(28)16(15-7-6-10-26-13-15)11-19(17)27(2)20(23)14-31-22-9-5-4-8-18(22)25/h4-13,28H,3,14H2,1-2H3. The molecule has 0 radical (unpaired) electrons. The lowest BCUT2D eigenvalue weighted by Gasteiger charge is -2.10. The number of para-hydroxylation sites is 1. The Hall–Kier alpha value is -3.87. The molecule has 1 N–H and O–H groups in total. The van der Waals surface area contributed by atoms with Crippen LogP contribution in [0.5, 0.6) is 11.5 Å². The third-order valence-corrected chi connectivity index (χ3v) is 5.09. The molecule has 0 fully saturated rings. The van der Waals surface area contributed by atoms with Crippen molar-refractivity contribution in [3.63, 3.8) is 0 Å². The monoisotopic (exact) mass is 420 g/mol. The molecule has 0 aliphatic heterocycles. The van der Waals surface area contributed by atoms with E-state index in [0.717, 1.165) is 5.56 Å². The second-order valence-electron chi connectivity index (χ2n) is 6.95. The number of aryl methyl sites for hydroxylation is 1. The Morgan fingerprint density at radius 1 is 1.19 bits per heavy atom. The highest BCUT2D eigenvalue weighted by molar-refractivity contribution is 6.07. The average molecular weight is 420 g/mol. The van der Waals surface area contributed by atoms with Crippen molar-refractivity contribution in [3.8, 4) is 22.6 Å². The minimum Gasteiger partial charge on any atom is -0.507 e. The molecule has 0 saturated carbocycles. The van der Waals surface area contributed by atoms with Gasteiger partial charge in [0.15, 0.2) is 11.6 Å². The van der Waals surface area contributed by atoms with E-state index in [4.69, 9.17) is 9.47 Å². The van der Waals surface area contributed by atoms with E-state index < -0.39 is 11.8 Å². The molecule has 0 aliphatic carbocycles. The number of carbonyl (C=O) groups excluding carboxylic acids is 1. The average Bonchev–Trinajstić information content (AvgIpc) is 3.04. The third-order valence-electron chi connectivity index (χ3n) is 5.09. The van der Waals surface area contributed by atoms with E-state index in [1.165, 1.54) is 18.2 Å². The van der Waals surface area contributed by atoms with Gasteiger partial charge in [0.05, 0.1) is 17.9 Å². The van der Waals surface area contributed by atoms with Crippen molar-refractivity contribution in [1.29, 1.82) is 0 Å². The fraction of sp³-hybridized carbons (Fsp3) is 0.167. The van der Waals surface area contributed by atoms with E-state index in [1.807, 2.05) is 6.07 Å². The summed E-state index contributed by atoms with van der Waals surface area (Å²) in [6.45, 7) is 1.86. The molecule has 158 valence electrons. The van der Waals surface area contributed by atoms with Crippen LogP contribution in [0.2, 0.25) is 0 Å². The summed E-state index contributed by atoms with van der Waals surface area (Å²) in [4.78, 5) is 16.9. The molecule has 0 amide bonds. The third kappa shape index (κ3) is 3.82. The molecule has 0 saturated heterocycles. The Morgan fingerprint density at radius 2 is 2.00 bits per heavy atom. The molecule has 31 heavy (non-hydrogen) atoms. The molecule has 7 heteroatoms. The molecular formula is C24H21FN2O4. The van der Waals surface area contributed by atoms with Gasteiger partial charge in [0.1, 0.15) is 12.4 Å². The van der Waals surface area contributed by atoms with Crippen LogP contribution in [-0.4, -0.2) is 27.2 Å². The number of aromatic nitrogens is 2. The number of halogens is 1. The van der Waals surface area contributed by atoms with E-state index in [0.29, 0.717) is 22.2 Å². The summed E-state index contributed by atoms with van der Waals surface area (Å²) in [6.07, 6.45) is 3.30. The van der Waals surface area contributed by atoms with Crippen molar-refractivity contribution in [2.24, 2.45) is 7.05 Å². The van der Waals surface area contributed by atoms with Crippen molar-refractivity contribution in [2.75, 3.05) is 6.61 Å². The highest BCUT2D eigenvalue weighted by Crippen LogP contribution is 2.37. The number of phenols is 1. The number of phenolic OH excluding ortho intramolecular Hbond substituents is 1. The fourth-order valence-corrected chi connectivity index (χ4v) is 3.58. The number of carbonyl (C=O) groups is 1. The Labute approximate surface area is 178 Å². The van der Waals surface area contributed by atoms with Gasteiger partial charge < -0.3 is 19.1 Å². The van der Waals surface area contributed by atoms with Gasteiger partial charge in [-0.25, -0.2) is 9.18 Å². The number of aromatic hydroxyl groups is 1. The first kappa shape index (κ1) is 20.4. The Kier molecular flexibility index (Phi) is 5.58. The molecular weight excluding hydrogens is 399 g/mol. The number of benzene rings is 2. The first-order valence-corrected chi connectivity index (χ1v) is 9.80. The summed E-state index contributed by atoms with van der Waals surface area (Å²) in [5.74, 6) is -0.927. The van der Waals surface area contributed by atoms with Crippen molar-refractivity contribution in [1.82, 2.24) is 9.55 Å². The number of rotatable bonds is 6. The van der Waals surface area contributed by atoms with E-state index in [-0.39, 0.29) is 30.3 Å². The highest BCUT2D eigenvalue weighted by Gasteiger charge is 2.24.